The Morgan fingerprint density at radius 3 is 3.06 bits per heavy atom. The lowest BCUT2D eigenvalue weighted by molar-refractivity contribution is -0.121. The van der Waals surface area contributed by atoms with Gasteiger partial charge >= 0.3 is 0 Å². The van der Waals surface area contributed by atoms with Crippen LogP contribution in [0.25, 0.3) is 0 Å². The van der Waals surface area contributed by atoms with Gasteiger partial charge in [0, 0.05) is 0 Å². The van der Waals surface area contributed by atoms with E-state index < -0.39 is 12.7 Å². The molecule has 0 aliphatic carbocycles. The topological polar surface area (TPSA) is 82.9 Å². The Hall–Kier alpha value is -1.18. The van der Waals surface area contributed by atoms with Crippen molar-refractivity contribution in [1.29, 1.82) is 0 Å². The third-order valence-corrected chi connectivity index (χ3v) is 2.76. The zero-order chi connectivity index (χ0) is 12.4. The largest absolute Gasteiger partial charge is 0.480 e. The van der Waals surface area contributed by atoms with Crippen LogP contribution < -0.4 is 9.64 Å². The lowest BCUT2D eigenvalue weighted by Gasteiger charge is -2.29. The van der Waals surface area contributed by atoms with Crippen LogP contribution in [0.5, 0.6) is 5.75 Å². The van der Waals surface area contributed by atoms with Crippen LogP contribution in [0.3, 0.4) is 0 Å². The van der Waals surface area contributed by atoms with E-state index in [0.29, 0.717) is 16.2 Å². The molecule has 1 aromatic heterocycles. The predicted molar refractivity (Wildman–Crippen MR) is 62.9 cm³/mol. The van der Waals surface area contributed by atoms with Gasteiger partial charge in [-0.2, -0.15) is 0 Å². The minimum absolute atomic E-state index is 0.00481. The Balaban J connectivity index is 2.32. The lowest BCUT2D eigenvalue weighted by Crippen LogP contribution is -2.44. The Morgan fingerprint density at radius 2 is 2.35 bits per heavy atom. The number of halogens is 1. The molecule has 2 rings (SSSR count). The third kappa shape index (κ3) is 2.56. The van der Waals surface area contributed by atoms with Crippen molar-refractivity contribution in [3.63, 3.8) is 0 Å². The van der Waals surface area contributed by atoms with Crippen molar-refractivity contribution in [3.05, 3.63) is 16.7 Å². The average Bonchev–Trinajstić information content (AvgIpc) is 2.32. The van der Waals surface area contributed by atoms with Crippen LogP contribution in [0, 0.1) is 0 Å². The number of hydrogen-bond acceptors (Lipinski definition) is 5. The molecule has 0 bridgehead atoms. The highest BCUT2D eigenvalue weighted by Gasteiger charge is 2.28. The number of fused-ring (bicyclic) bond motifs is 1. The number of pyridine rings is 1. The molecular weight excluding hydrogens is 292 g/mol. The zero-order valence-electron chi connectivity index (χ0n) is 8.84. The van der Waals surface area contributed by atoms with Gasteiger partial charge in [0.15, 0.2) is 18.2 Å². The van der Waals surface area contributed by atoms with Gasteiger partial charge in [-0.05, 0) is 28.1 Å². The Morgan fingerprint density at radius 1 is 1.59 bits per heavy atom. The molecule has 0 fully saturated rings. The molecule has 1 aromatic rings. The Bertz CT molecular complexity index is 440. The molecule has 0 aromatic carbocycles. The summed E-state index contributed by atoms with van der Waals surface area (Å²) in [4.78, 5) is 17.1. The summed E-state index contributed by atoms with van der Waals surface area (Å²) in [7, 11) is 0. The number of β-amino-alcohol motifs (C(OH)–C–C–N with tert-alkyl or cyclic N) is 1. The molecule has 0 spiro atoms. The van der Waals surface area contributed by atoms with Crippen molar-refractivity contribution >= 4 is 27.7 Å². The van der Waals surface area contributed by atoms with Gasteiger partial charge in [-0.1, -0.05) is 0 Å². The molecular formula is C10H11BrN2O4. The normalized spacial score (nSPS) is 16.4. The molecule has 1 atom stereocenters. The summed E-state index contributed by atoms with van der Waals surface area (Å²) in [5.41, 5.74) is 0. The van der Waals surface area contributed by atoms with E-state index >= 15 is 0 Å². The van der Waals surface area contributed by atoms with Crippen LogP contribution in [-0.2, 0) is 4.79 Å². The summed E-state index contributed by atoms with van der Waals surface area (Å²) in [6.45, 7) is -0.502. The molecule has 1 aliphatic heterocycles. The summed E-state index contributed by atoms with van der Waals surface area (Å²) in [6, 6.07) is 3.40. The summed E-state index contributed by atoms with van der Waals surface area (Å²) >= 11 is 3.20. The zero-order valence-corrected chi connectivity index (χ0v) is 10.4. The van der Waals surface area contributed by atoms with Crippen molar-refractivity contribution in [1.82, 2.24) is 4.98 Å². The first-order valence-electron chi connectivity index (χ1n) is 5.00. The second-order valence-electron chi connectivity index (χ2n) is 3.59. The van der Waals surface area contributed by atoms with Crippen molar-refractivity contribution in [3.8, 4) is 5.75 Å². The number of aromatic nitrogens is 1. The van der Waals surface area contributed by atoms with E-state index in [2.05, 4.69) is 20.9 Å². The van der Waals surface area contributed by atoms with E-state index in [1.807, 2.05) is 0 Å². The molecule has 0 saturated heterocycles. The monoisotopic (exact) mass is 302 g/mol. The summed E-state index contributed by atoms with van der Waals surface area (Å²) < 4.78 is 5.79. The Labute approximate surface area is 106 Å². The molecule has 7 heteroatoms. The number of aliphatic hydroxyl groups is 2. The molecule has 1 aliphatic rings. The molecule has 2 N–H and O–H groups in total. The van der Waals surface area contributed by atoms with E-state index in [4.69, 9.17) is 9.84 Å². The van der Waals surface area contributed by atoms with E-state index in [1.165, 1.54) is 4.90 Å². The summed E-state index contributed by atoms with van der Waals surface area (Å²) in [5, 5.41) is 18.2. The first kappa shape index (κ1) is 12.3. The number of aliphatic hydroxyl groups excluding tert-OH is 2. The quantitative estimate of drug-likeness (QED) is 0.763. The third-order valence-electron chi connectivity index (χ3n) is 2.32. The second kappa shape index (κ2) is 4.99. The maximum Gasteiger partial charge on any atom is 0.266 e. The van der Waals surface area contributed by atoms with Gasteiger partial charge in [0.1, 0.15) is 4.60 Å². The average molecular weight is 303 g/mol. The second-order valence-corrected chi connectivity index (χ2v) is 4.40. The molecule has 1 amide bonds. The van der Waals surface area contributed by atoms with Gasteiger partial charge in [0.05, 0.1) is 19.3 Å². The highest BCUT2D eigenvalue weighted by molar-refractivity contribution is 9.10. The molecule has 92 valence electrons. The minimum Gasteiger partial charge on any atom is -0.480 e. The van der Waals surface area contributed by atoms with Crippen molar-refractivity contribution in [2.24, 2.45) is 0 Å². The maximum atomic E-state index is 11.7. The van der Waals surface area contributed by atoms with Crippen LogP contribution in [0.4, 0.5) is 5.82 Å². The molecule has 17 heavy (non-hydrogen) atoms. The lowest BCUT2D eigenvalue weighted by atomic mass is 10.3. The minimum atomic E-state index is -0.995. The molecule has 1 unspecified atom stereocenters. The molecule has 0 radical (unpaired) electrons. The fourth-order valence-corrected chi connectivity index (χ4v) is 1.81. The van der Waals surface area contributed by atoms with Crippen molar-refractivity contribution in [2.75, 3.05) is 24.7 Å². The van der Waals surface area contributed by atoms with Gasteiger partial charge in [-0.3, -0.25) is 9.69 Å². The van der Waals surface area contributed by atoms with Crippen LogP contribution in [0.1, 0.15) is 0 Å². The van der Waals surface area contributed by atoms with Gasteiger partial charge in [-0.15, -0.1) is 0 Å². The number of rotatable bonds is 3. The van der Waals surface area contributed by atoms with Gasteiger partial charge in [-0.25, -0.2) is 4.98 Å². The maximum absolute atomic E-state index is 11.7. The highest BCUT2D eigenvalue weighted by atomic mass is 79.9. The Kier molecular flexibility index (Phi) is 3.60. The number of amides is 1. The number of carbonyl (C=O) groups is 1. The van der Waals surface area contributed by atoms with Gasteiger partial charge in [0.25, 0.3) is 5.91 Å². The van der Waals surface area contributed by atoms with E-state index in [9.17, 15) is 9.90 Å². The standard InChI is InChI=1S/C10H11BrN2O4/c11-8-2-1-7-10(12-8)13(3-6(15)4-14)9(16)5-17-7/h1-2,6,14-15H,3-5H2. The SMILES string of the molecule is O=C1COc2ccc(Br)nc2N1CC(O)CO. The number of anilines is 1. The number of nitrogens with zero attached hydrogens (tertiary/aromatic N) is 2. The van der Waals surface area contributed by atoms with E-state index in [-0.39, 0.29) is 19.1 Å². The molecule has 2 heterocycles. The van der Waals surface area contributed by atoms with Crippen molar-refractivity contribution in [2.45, 2.75) is 6.10 Å². The van der Waals surface area contributed by atoms with E-state index in [0.717, 1.165) is 0 Å². The number of carbonyl (C=O) groups excluding carboxylic acids is 1. The fourth-order valence-electron chi connectivity index (χ4n) is 1.51. The molecule has 0 saturated carbocycles. The fraction of sp³-hybridized carbons (Fsp3) is 0.400. The summed E-state index contributed by atoms with van der Waals surface area (Å²) in [5.74, 6) is 0.539. The van der Waals surface area contributed by atoms with Crippen LogP contribution in [0.2, 0.25) is 0 Å². The van der Waals surface area contributed by atoms with E-state index in [1.54, 1.807) is 12.1 Å². The predicted octanol–water partition coefficient (Wildman–Crippen LogP) is -0.0773. The first-order chi connectivity index (χ1) is 8.11. The highest BCUT2D eigenvalue weighted by Crippen LogP contribution is 2.31. The van der Waals surface area contributed by atoms with Crippen molar-refractivity contribution < 1.29 is 19.7 Å². The van der Waals surface area contributed by atoms with Crippen LogP contribution in [0.15, 0.2) is 16.7 Å². The smallest absolute Gasteiger partial charge is 0.266 e. The van der Waals surface area contributed by atoms with Crippen LogP contribution >= 0.6 is 15.9 Å². The first-order valence-corrected chi connectivity index (χ1v) is 5.79. The number of ether oxygens (including phenoxy) is 1. The van der Waals surface area contributed by atoms with Gasteiger partial charge in [0.2, 0.25) is 0 Å². The molecule has 6 nitrogen and oxygen atoms in total. The van der Waals surface area contributed by atoms with Gasteiger partial charge < -0.3 is 14.9 Å². The summed E-state index contributed by atoms with van der Waals surface area (Å²) in [6.07, 6.45) is -0.995. The number of hydrogen-bond donors (Lipinski definition) is 2. The van der Waals surface area contributed by atoms with Crippen LogP contribution in [-0.4, -0.2) is 47.0 Å².